The number of piperidine rings is 1. The molecule has 112 valence electrons. The summed E-state index contributed by atoms with van der Waals surface area (Å²) in [6.07, 6.45) is 2.09. The number of anilines is 1. The highest BCUT2D eigenvalue weighted by Gasteiger charge is 2.20. The number of halogens is 1. The molecule has 0 aromatic heterocycles. The summed E-state index contributed by atoms with van der Waals surface area (Å²) in [6, 6.07) is 6.28. The third kappa shape index (κ3) is 3.96. The Morgan fingerprint density at radius 2 is 2.00 bits per heavy atom. The molecule has 0 radical (unpaired) electrons. The highest BCUT2D eigenvalue weighted by molar-refractivity contribution is 9.10. The molecular formula is C16H25BrN2O. The molecule has 0 amide bonds. The van der Waals surface area contributed by atoms with Crippen molar-refractivity contribution in [1.82, 2.24) is 4.90 Å². The van der Waals surface area contributed by atoms with Gasteiger partial charge in [0, 0.05) is 29.8 Å². The van der Waals surface area contributed by atoms with Crippen LogP contribution in [0, 0.1) is 5.92 Å². The fourth-order valence-corrected chi connectivity index (χ4v) is 3.64. The van der Waals surface area contributed by atoms with Crippen molar-refractivity contribution >= 4 is 21.6 Å². The molecule has 1 N–H and O–H groups in total. The Bertz CT molecular complexity index is 440. The van der Waals surface area contributed by atoms with Gasteiger partial charge in [0.2, 0.25) is 0 Å². The first kappa shape index (κ1) is 15.8. The molecule has 1 aromatic carbocycles. The van der Waals surface area contributed by atoms with Crippen LogP contribution in [0.3, 0.4) is 0 Å². The van der Waals surface area contributed by atoms with Gasteiger partial charge in [-0.2, -0.15) is 0 Å². The van der Waals surface area contributed by atoms with Crippen molar-refractivity contribution in [3.63, 3.8) is 0 Å². The first-order chi connectivity index (χ1) is 9.47. The molecule has 4 heteroatoms. The summed E-state index contributed by atoms with van der Waals surface area (Å²) < 4.78 is 1.00. The molecule has 1 aromatic rings. The first-order valence-corrected chi connectivity index (χ1v) is 8.14. The van der Waals surface area contributed by atoms with E-state index in [0.717, 1.165) is 29.0 Å². The van der Waals surface area contributed by atoms with Gasteiger partial charge in [-0.05, 0) is 57.5 Å². The first-order valence-electron chi connectivity index (χ1n) is 7.34. The molecule has 1 saturated heterocycles. The van der Waals surface area contributed by atoms with Crippen molar-refractivity contribution < 1.29 is 5.11 Å². The number of rotatable bonds is 4. The largest absolute Gasteiger partial charge is 0.389 e. The van der Waals surface area contributed by atoms with E-state index in [0.29, 0.717) is 0 Å². The molecule has 1 atom stereocenters. The Kier molecular flexibility index (Phi) is 5.47. The van der Waals surface area contributed by atoms with Gasteiger partial charge in [-0.15, -0.1) is 0 Å². The van der Waals surface area contributed by atoms with Crippen LogP contribution in [0.4, 0.5) is 5.69 Å². The van der Waals surface area contributed by atoms with Crippen LogP contribution in [0.5, 0.6) is 0 Å². The Balaban J connectivity index is 1.98. The maximum atomic E-state index is 9.68. The fraction of sp³-hybridized carbons (Fsp3) is 0.625. The highest BCUT2D eigenvalue weighted by atomic mass is 79.9. The van der Waals surface area contributed by atoms with E-state index < -0.39 is 6.10 Å². The van der Waals surface area contributed by atoms with Crippen molar-refractivity contribution in [3.05, 3.63) is 28.2 Å². The van der Waals surface area contributed by atoms with Gasteiger partial charge in [0.1, 0.15) is 0 Å². The molecule has 2 rings (SSSR count). The Morgan fingerprint density at radius 3 is 2.50 bits per heavy atom. The van der Waals surface area contributed by atoms with Gasteiger partial charge < -0.3 is 14.9 Å². The molecule has 3 nitrogen and oxygen atoms in total. The predicted octanol–water partition coefficient (Wildman–Crippen LogP) is 3.28. The summed E-state index contributed by atoms with van der Waals surface area (Å²) >= 11 is 3.57. The lowest BCUT2D eigenvalue weighted by Crippen LogP contribution is -2.37. The van der Waals surface area contributed by atoms with E-state index in [1.165, 1.54) is 25.1 Å². The van der Waals surface area contributed by atoms with Crippen molar-refractivity contribution in [1.29, 1.82) is 0 Å². The number of aliphatic hydroxyl groups is 1. The van der Waals surface area contributed by atoms with E-state index in [1.807, 2.05) is 6.07 Å². The van der Waals surface area contributed by atoms with Gasteiger partial charge in [0.15, 0.2) is 0 Å². The zero-order chi connectivity index (χ0) is 14.7. The topological polar surface area (TPSA) is 26.7 Å². The SMILES string of the molecule is C[C@@H](O)c1ccc(N2CCC(CN(C)C)CC2)cc1Br. The minimum absolute atomic E-state index is 0.427. The summed E-state index contributed by atoms with van der Waals surface area (Å²) in [5.74, 6) is 0.821. The lowest BCUT2D eigenvalue weighted by atomic mass is 9.96. The molecular weight excluding hydrogens is 316 g/mol. The van der Waals surface area contributed by atoms with Crippen LogP contribution >= 0.6 is 15.9 Å². The van der Waals surface area contributed by atoms with Crippen LogP contribution < -0.4 is 4.90 Å². The molecule has 20 heavy (non-hydrogen) atoms. The maximum absolute atomic E-state index is 9.68. The Morgan fingerprint density at radius 1 is 1.35 bits per heavy atom. The maximum Gasteiger partial charge on any atom is 0.0772 e. The van der Waals surface area contributed by atoms with Crippen LogP contribution in [-0.4, -0.2) is 43.7 Å². The molecule has 1 aliphatic rings. The van der Waals surface area contributed by atoms with Crippen molar-refractivity contribution in [3.8, 4) is 0 Å². The van der Waals surface area contributed by atoms with E-state index >= 15 is 0 Å². The van der Waals surface area contributed by atoms with E-state index in [1.54, 1.807) is 6.92 Å². The van der Waals surface area contributed by atoms with Gasteiger partial charge in [-0.25, -0.2) is 0 Å². The molecule has 0 bridgehead atoms. The second-order valence-electron chi connectivity index (χ2n) is 6.07. The number of hydrogen-bond donors (Lipinski definition) is 1. The van der Waals surface area contributed by atoms with Crippen molar-refractivity contribution in [2.24, 2.45) is 5.92 Å². The molecule has 1 heterocycles. The quantitative estimate of drug-likeness (QED) is 0.911. The lowest BCUT2D eigenvalue weighted by molar-refractivity contribution is 0.198. The lowest BCUT2D eigenvalue weighted by Gasteiger charge is -2.35. The second-order valence-corrected chi connectivity index (χ2v) is 6.93. The zero-order valence-corrected chi connectivity index (χ0v) is 14.2. The predicted molar refractivity (Wildman–Crippen MR) is 88.3 cm³/mol. The van der Waals surface area contributed by atoms with Crippen LogP contribution in [0.2, 0.25) is 0 Å². The molecule has 0 aliphatic carbocycles. The summed E-state index contributed by atoms with van der Waals surface area (Å²) in [6.45, 7) is 5.24. The van der Waals surface area contributed by atoms with E-state index in [2.05, 4.69) is 52.0 Å². The third-order valence-electron chi connectivity index (χ3n) is 4.04. The van der Waals surface area contributed by atoms with Crippen molar-refractivity contribution in [2.75, 3.05) is 38.6 Å². The summed E-state index contributed by atoms with van der Waals surface area (Å²) in [5.41, 5.74) is 2.21. The minimum Gasteiger partial charge on any atom is -0.389 e. The standard InChI is InChI=1S/C16H25BrN2O/c1-12(20)15-5-4-14(10-16(15)17)19-8-6-13(7-9-19)11-18(2)3/h4-5,10,12-13,20H,6-9,11H2,1-3H3/t12-/m1/s1. The average molecular weight is 341 g/mol. The van der Waals surface area contributed by atoms with Gasteiger partial charge >= 0.3 is 0 Å². The van der Waals surface area contributed by atoms with Gasteiger partial charge in [0.05, 0.1) is 6.10 Å². The number of hydrogen-bond acceptors (Lipinski definition) is 3. The zero-order valence-electron chi connectivity index (χ0n) is 12.6. The van der Waals surface area contributed by atoms with E-state index in [9.17, 15) is 5.11 Å². The van der Waals surface area contributed by atoms with Gasteiger partial charge in [-0.3, -0.25) is 0 Å². The third-order valence-corrected chi connectivity index (χ3v) is 4.72. The van der Waals surface area contributed by atoms with Gasteiger partial charge in [0.25, 0.3) is 0 Å². The highest BCUT2D eigenvalue weighted by Crippen LogP contribution is 2.30. The Labute approximate surface area is 130 Å². The molecule has 0 unspecified atom stereocenters. The summed E-state index contributed by atoms with van der Waals surface area (Å²) in [4.78, 5) is 4.73. The van der Waals surface area contributed by atoms with Crippen LogP contribution in [0.15, 0.2) is 22.7 Å². The monoisotopic (exact) mass is 340 g/mol. The number of benzene rings is 1. The van der Waals surface area contributed by atoms with E-state index in [4.69, 9.17) is 0 Å². The van der Waals surface area contributed by atoms with Crippen molar-refractivity contribution in [2.45, 2.75) is 25.9 Å². The fourth-order valence-electron chi connectivity index (χ4n) is 2.94. The molecule has 0 saturated carbocycles. The molecule has 1 aliphatic heterocycles. The van der Waals surface area contributed by atoms with Crippen LogP contribution in [-0.2, 0) is 0 Å². The van der Waals surface area contributed by atoms with Crippen LogP contribution in [0.25, 0.3) is 0 Å². The molecule has 0 spiro atoms. The minimum atomic E-state index is -0.427. The normalized spacial score (nSPS) is 18.6. The Hall–Kier alpha value is -0.580. The smallest absolute Gasteiger partial charge is 0.0772 e. The van der Waals surface area contributed by atoms with Gasteiger partial charge in [-0.1, -0.05) is 22.0 Å². The number of aliphatic hydroxyl groups excluding tert-OH is 1. The summed E-state index contributed by atoms with van der Waals surface area (Å²) in [7, 11) is 4.30. The summed E-state index contributed by atoms with van der Waals surface area (Å²) in [5, 5.41) is 9.68. The van der Waals surface area contributed by atoms with Crippen LogP contribution in [0.1, 0.15) is 31.4 Å². The molecule has 1 fully saturated rings. The van der Waals surface area contributed by atoms with E-state index in [-0.39, 0.29) is 0 Å². The number of nitrogens with zero attached hydrogens (tertiary/aromatic N) is 2. The second kappa shape index (κ2) is 6.92. The average Bonchev–Trinajstić information content (AvgIpc) is 2.38.